The van der Waals surface area contributed by atoms with E-state index in [1.54, 1.807) is 13.1 Å². The summed E-state index contributed by atoms with van der Waals surface area (Å²) in [5.74, 6) is 0.831. The van der Waals surface area contributed by atoms with Gasteiger partial charge >= 0.3 is 0 Å². The molecule has 0 spiro atoms. The van der Waals surface area contributed by atoms with Crippen molar-refractivity contribution < 1.29 is 19.4 Å². The molecule has 1 aliphatic rings. The zero-order valence-electron chi connectivity index (χ0n) is 9.20. The van der Waals surface area contributed by atoms with Gasteiger partial charge in [-0.25, -0.2) is 0 Å². The van der Waals surface area contributed by atoms with Crippen molar-refractivity contribution in [2.75, 3.05) is 20.4 Å². The second-order valence-corrected chi connectivity index (χ2v) is 4.47. The molecule has 6 heteroatoms. The molecule has 0 saturated carbocycles. The van der Waals surface area contributed by atoms with Crippen molar-refractivity contribution >= 4 is 22.2 Å². The molecule has 17 heavy (non-hydrogen) atoms. The Kier molecular flexibility index (Phi) is 3.66. The molecule has 1 aliphatic heterocycles. The fourth-order valence-corrected chi connectivity index (χ4v) is 2.47. The van der Waals surface area contributed by atoms with Crippen molar-refractivity contribution in [2.24, 2.45) is 0 Å². The Hall–Kier alpha value is -1.11. The van der Waals surface area contributed by atoms with E-state index in [9.17, 15) is 9.90 Å². The second-order valence-electron chi connectivity index (χ2n) is 3.62. The highest BCUT2D eigenvalue weighted by Gasteiger charge is 2.27. The zero-order chi connectivity index (χ0) is 12.4. The maximum atomic E-state index is 10.9. The Labute approximate surface area is 107 Å². The lowest BCUT2D eigenvalue weighted by Crippen LogP contribution is -2.17. The summed E-state index contributed by atoms with van der Waals surface area (Å²) in [6.07, 6.45) is -0.0301. The predicted molar refractivity (Wildman–Crippen MR) is 64.5 cm³/mol. The molecule has 1 atom stereocenters. The summed E-state index contributed by atoms with van der Waals surface area (Å²) in [5.41, 5.74) is 1.00. The number of likely N-dealkylation sites (N-methyl/N-ethyl adjacent to an activating group) is 1. The molecule has 2 N–H and O–H groups in total. The molecule has 1 heterocycles. The number of aldehydes is 1. The Morgan fingerprint density at radius 1 is 1.59 bits per heavy atom. The first-order valence-electron chi connectivity index (χ1n) is 5.08. The van der Waals surface area contributed by atoms with E-state index in [1.165, 1.54) is 0 Å². The zero-order valence-corrected chi connectivity index (χ0v) is 10.8. The lowest BCUT2D eigenvalue weighted by molar-refractivity contribution is 0.111. The van der Waals surface area contributed by atoms with Gasteiger partial charge in [-0.2, -0.15) is 0 Å². The number of rotatable bonds is 4. The number of aliphatic hydroxyl groups excluding tert-OH is 1. The van der Waals surface area contributed by atoms with Crippen LogP contribution < -0.4 is 14.8 Å². The molecule has 1 aromatic rings. The Bertz CT molecular complexity index is 450. The summed E-state index contributed by atoms with van der Waals surface area (Å²) >= 11 is 3.33. The number of carbonyl (C=O) groups excluding carboxylic acids is 1. The van der Waals surface area contributed by atoms with E-state index in [-0.39, 0.29) is 6.79 Å². The Morgan fingerprint density at radius 3 is 2.94 bits per heavy atom. The first-order valence-corrected chi connectivity index (χ1v) is 5.88. The number of halogens is 1. The van der Waals surface area contributed by atoms with Crippen molar-refractivity contribution in [1.29, 1.82) is 0 Å². The summed E-state index contributed by atoms with van der Waals surface area (Å²) in [7, 11) is 1.74. The molecule has 92 valence electrons. The van der Waals surface area contributed by atoms with E-state index in [2.05, 4.69) is 21.2 Å². The highest BCUT2D eigenvalue weighted by molar-refractivity contribution is 9.10. The van der Waals surface area contributed by atoms with Crippen molar-refractivity contribution in [1.82, 2.24) is 5.32 Å². The number of fused-ring (bicyclic) bond motifs is 1. The highest BCUT2D eigenvalue weighted by atomic mass is 79.9. The van der Waals surface area contributed by atoms with E-state index >= 15 is 0 Å². The van der Waals surface area contributed by atoms with Gasteiger partial charge in [0.25, 0.3) is 0 Å². The summed E-state index contributed by atoms with van der Waals surface area (Å²) in [6.45, 7) is 0.445. The van der Waals surface area contributed by atoms with Crippen LogP contribution in [-0.2, 0) is 0 Å². The Balaban J connectivity index is 2.53. The van der Waals surface area contributed by atoms with Crippen LogP contribution >= 0.6 is 15.9 Å². The maximum absolute atomic E-state index is 10.9. The van der Waals surface area contributed by atoms with Crippen LogP contribution in [0.5, 0.6) is 11.5 Å². The number of carbonyl (C=O) groups is 1. The molecular formula is C11H12BrNO4. The monoisotopic (exact) mass is 301 g/mol. The predicted octanol–water partition coefficient (Wildman–Crippen LogP) is 1.24. The minimum absolute atomic E-state index is 0.0614. The smallest absolute Gasteiger partial charge is 0.231 e. The average Bonchev–Trinajstić information content (AvgIpc) is 2.76. The molecule has 0 aliphatic carbocycles. The molecule has 0 saturated heterocycles. The van der Waals surface area contributed by atoms with Crippen molar-refractivity contribution in [2.45, 2.75) is 6.10 Å². The van der Waals surface area contributed by atoms with Crippen LogP contribution in [0.2, 0.25) is 0 Å². The fraction of sp³-hybridized carbons (Fsp3) is 0.364. The van der Waals surface area contributed by atoms with Crippen LogP contribution in [0.25, 0.3) is 0 Å². The van der Waals surface area contributed by atoms with Gasteiger partial charge in [0.15, 0.2) is 17.8 Å². The molecule has 2 rings (SSSR count). The maximum Gasteiger partial charge on any atom is 0.231 e. The number of benzene rings is 1. The second kappa shape index (κ2) is 5.03. The third kappa shape index (κ3) is 2.15. The van der Waals surface area contributed by atoms with Gasteiger partial charge in [-0.05, 0) is 13.1 Å². The van der Waals surface area contributed by atoms with Gasteiger partial charge in [0.1, 0.15) is 0 Å². The van der Waals surface area contributed by atoms with Crippen molar-refractivity contribution in [3.63, 3.8) is 0 Å². The van der Waals surface area contributed by atoms with Gasteiger partial charge in [0.05, 0.1) is 11.7 Å². The Morgan fingerprint density at radius 2 is 2.29 bits per heavy atom. The van der Waals surface area contributed by atoms with Gasteiger partial charge in [0, 0.05) is 16.6 Å². The minimum Gasteiger partial charge on any atom is -0.453 e. The topological polar surface area (TPSA) is 67.8 Å². The van der Waals surface area contributed by atoms with Crippen LogP contribution in [0.1, 0.15) is 22.0 Å². The molecule has 0 aromatic heterocycles. The number of hydrogen-bond acceptors (Lipinski definition) is 5. The summed E-state index contributed by atoms with van der Waals surface area (Å²) in [6, 6.07) is 1.62. The molecule has 1 unspecified atom stereocenters. The van der Waals surface area contributed by atoms with Gasteiger partial charge in [0.2, 0.25) is 6.79 Å². The molecule has 0 amide bonds. The van der Waals surface area contributed by atoms with Gasteiger partial charge in [-0.1, -0.05) is 15.9 Å². The normalized spacial score (nSPS) is 14.8. The van der Waals surface area contributed by atoms with Gasteiger partial charge in [-0.15, -0.1) is 0 Å². The van der Waals surface area contributed by atoms with Crippen LogP contribution in [-0.4, -0.2) is 31.8 Å². The standard InChI is InChI=1S/C11H12BrNO4/c1-13-3-8(15)9-7(12)2-6(4-14)10-11(9)17-5-16-10/h2,4,8,13,15H,3,5H2,1H3. The van der Waals surface area contributed by atoms with Crippen LogP contribution in [0.15, 0.2) is 10.5 Å². The largest absolute Gasteiger partial charge is 0.453 e. The number of ether oxygens (including phenoxy) is 2. The molecule has 0 bridgehead atoms. The minimum atomic E-state index is -0.731. The summed E-state index contributed by atoms with van der Waals surface area (Å²) in [4.78, 5) is 10.9. The first kappa shape index (κ1) is 12.3. The highest BCUT2D eigenvalue weighted by Crippen LogP contribution is 2.44. The van der Waals surface area contributed by atoms with E-state index in [0.29, 0.717) is 39.9 Å². The summed E-state index contributed by atoms with van der Waals surface area (Å²) < 4.78 is 11.2. The van der Waals surface area contributed by atoms with Crippen molar-refractivity contribution in [3.8, 4) is 11.5 Å². The molecule has 0 fully saturated rings. The fourth-order valence-electron chi connectivity index (χ4n) is 1.77. The number of nitrogens with one attached hydrogen (secondary N) is 1. The average molecular weight is 302 g/mol. The van der Waals surface area contributed by atoms with E-state index in [1.807, 2.05) is 0 Å². The number of aliphatic hydroxyl groups is 1. The van der Waals surface area contributed by atoms with E-state index < -0.39 is 6.10 Å². The summed E-state index contributed by atoms with van der Waals surface area (Å²) in [5, 5.41) is 12.9. The molecule has 1 aromatic carbocycles. The van der Waals surface area contributed by atoms with Gasteiger partial charge in [-0.3, -0.25) is 4.79 Å². The third-order valence-corrected chi connectivity index (χ3v) is 3.17. The SMILES string of the molecule is CNCC(O)c1c(Br)cc(C=O)c2c1OCO2. The van der Waals surface area contributed by atoms with Crippen LogP contribution in [0.3, 0.4) is 0 Å². The van der Waals surface area contributed by atoms with Crippen LogP contribution in [0, 0.1) is 0 Å². The quantitative estimate of drug-likeness (QED) is 0.819. The van der Waals surface area contributed by atoms with Gasteiger partial charge < -0.3 is 19.9 Å². The van der Waals surface area contributed by atoms with Crippen LogP contribution in [0.4, 0.5) is 0 Å². The van der Waals surface area contributed by atoms with E-state index in [4.69, 9.17) is 9.47 Å². The molecular weight excluding hydrogens is 290 g/mol. The molecule has 0 radical (unpaired) electrons. The lowest BCUT2D eigenvalue weighted by Gasteiger charge is -2.15. The third-order valence-electron chi connectivity index (χ3n) is 2.52. The first-order chi connectivity index (χ1) is 8.19. The van der Waals surface area contributed by atoms with Crippen molar-refractivity contribution in [3.05, 3.63) is 21.7 Å². The lowest BCUT2D eigenvalue weighted by atomic mass is 10.0. The number of hydrogen-bond donors (Lipinski definition) is 2. The molecule has 5 nitrogen and oxygen atoms in total. The van der Waals surface area contributed by atoms with E-state index in [0.717, 1.165) is 0 Å².